The molecule has 4 nitrogen and oxygen atoms in total. The van der Waals surface area contributed by atoms with E-state index in [9.17, 15) is 0 Å². The van der Waals surface area contributed by atoms with Crippen molar-refractivity contribution in [1.29, 1.82) is 0 Å². The van der Waals surface area contributed by atoms with Gasteiger partial charge < -0.3 is 10.2 Å². The molecule has 0 radical (unpaired) electrons. The van der Waals surface area contributed by atoms with Crippen molar-refractivity contribution in [2.75, 3.05) is 0 Å². The van der Waals surface area contributed by atoms with E-state index < -0.39 is 10.9 Å². The molecule has 7 heteroatoms. The molecule has 0 saturated heterocycles. The van der Waals surface area contributed by atoms with E-state index in [0.717, 1.165) is 0 Å². The van der Waals surface area contributed by atoms with Crippen LogP contribution < -0.4 is 0 Å². The molecule has 0 heterocycles. The van der Waals surface area contributed by atoms with Crippen molar-refractivity contribution >= 4 is 34.1 Å². The number of hydrogen-bond donors (Lipinski definition) is 2. The second-order valence-corrected chi connectivity index (χ2v) is 1.15. The van der Waals surface area contributed by atoms with E-state index in [2.05, 4.69) is 23.2 Å². The van der Waals surface area contributed by atoms with Gasteiger partial charge in [-0.25, -0.2) is 9.59 Å². The number of carbonyl (C=O) groups is 2. The zero-order valence-electron chi connectivity index (χ0n) is 3.78. The summed E-state index contributed by atoms with van der Waals surface area (Å²) in [5.41, 5.74) is -2.72. The Balaban J connectivity index is -0.0000000720. The van der Waals surface area contributed by atoms with Crippen LogP contribution in [-0.4, -0.2) is 21.1 Å². The second-order valence-electron chi connectivity index (χ2n) is 0.506. The molecule has 2 N–H and O–H groups in total. The summed E-state index contributed by atoms with van der Waals surface area (Å²) in [6.45, 7) is 0. The van der Waals surface area contributed by atoms with Gasteiger partial charge in [-0.15, -0.1) is 0 Å². The first-order chi connectivity index (χ1) is 3.46. The van der Waals surface area contributed by atoms with Gasteiger partial charge in [0, 0.05) is 44.3 Å². The number of carboxylic acid groups (broad SMARTS) is 2. The zero-order valence-corrected chi connectivity index (χ0v) is 7.57. The summed E-state index contributed by atoms with van der Waals surface area (Å²) in [7, 11) is 0. The molecule has 0 aromatic rings. The first-order valence-corrected chi connectivity index (χ1v) is 1.99. The third-order valence-electron chi connectivity index (χ3n) is 0. The largest absolute Gasteiger partial charge is 0.469 e. The van der Waals surface area contributed by atoms with E-state index in [4.69, 9.17) is 19.8 Å². The Kier molecular flexibility index (Phi) is 19.8. The SMILES string of the molecule is O=C(O)Cl.O=C(O)Cl.[Pt]. The van der Waals surface area contributed by atoms with Crippen LogP contribution in [0.4, 0.5) is 9.59 Å². The molecule has 0 saturated carbocycles. The summed E-state index contributed by atoms with van der Waals surface area (Å²) in [6.07, 6.45) is 0. The summed E-state index contributed by atoms with van der Waals surface area (Å²) in [5.74, 6) is 0. The molecule has 9 heavy (non-hydrogen) atoms. The van der Waals surface area contributed by atoms with Crippen LogP contribution in [0.3, 0.4) is 0 Å². The minimum absolute atomic E-state index is 0. The van der Waals surface area contributed by atoms with Crippen molar-refractivity contribution in [3.63, 3.8) is 0 Å². The van der Waals surface area contributed by atoms with Gasteiger partial charge in [0.05, 0.1) is 0 Å². The van der Waals surface area contributed by atoms with Gasteiger partial charge in [0.2, 0.25) is 0 Å². The fraction of sp³-hybridized carbons (Fsp3) is 0. The van der Waals surface area contributed by atoms with E-state index in [0.29, 0.717) is 0 Å². The molecule has 0 aliphatic heterocycles. The fourth-order valence-corrected chi connectivity index (χ4v) is 0. The zero-order chi connectivity index (χ0) is 7.15. The van der Waals surface area contributed by atoms with Gasteiger partial charge in [-0.05, 0) is 0 Å². The van der Waals surface area contributed by atoms with Crippen LogP contribution in [0.25, 0.3) is 0 Å². The normalized spacial score (nSPS) is 5.56. The molecule has 0 amide bonds. The molecule has 0 rings (SSSR count). The summed E-state index contributed by atoms with van der Waals surface area (Å²) in [6, 6.07) is 0. The summed E-state index contributed by atoms with van der Waals surface area (Å²) < 4.78 is 0. The Labute approximate surface area is 75.0 Å². The Morgan fingerprint density at radius 3 is 1.00 bits per heavy atom. The predicted molar refractivity (Wildman–Crippen MR) is 27.8 cm³/mol. The Morgan fingerprint density at radius 2 is 1.00 bits per heavy atom. The standard InChI is InChI=1S/2CHClO2.Pt/c2*2-1(3)4;/h2*(H,3,4);. The first-order valence-electron chi connectivity index (χ1n) is 1.23. The van der Waals surface area contributed by atoms with E-state index in [1.807, 2.05) is 0 Å². The van der Waals surface area contributed by atoms with Crippen molar-refractivity contribution in [3.05, 3.63) is 0 Å². The number of rotatable bonds is 0. The second kappa shape index (κ2) is 11.1. The van der Waals surface area contributed by atoms with Gasteiger partial charge >= 0.3 is 10.9 Å². The summed E-state index contributed by atoms with van der Waals surface area (Å²) >= 11 is 8.38. The minimum Gasteiger partial charge on any atom is -0.469 e. The Morgan fingerprint density at radius 1 is 1.00 bits per heavy atom. The van der Waals surface area contributed by atoms with Crippen molar-refractivity contribution in [1.82, 2.24) is 0 Å². The molecule has 0 fully saturated rings. The van der Waals surface area contributed by atoms with Crippen molar-refractivity contribution in [2.45, 2.75) is 0 Å². The summed E-state index contributed by atoms with van der Waals surface area (Å²) in [5, 5.41) is 14.4. The number of halogens is 2. The minimum atomic E-state index is -1.36. The molecule has 0 aliphatic rings. The third kappa shape index (κ3) is 7290. The van der Waals surface area contributed by atoms with E-state index >= 15 is 0 Å². The van der Waals surface area contributed by atoms with Crippen molar-refractivity contribution < 1.29 is 40.9 Å². The van der Waals surface area contributed by atoms with E-state index in [-0.39, 0.29) is 21.1 Å². The van der Waals surface area contributed by atoms with Crippen LogP contribution in [0, 0.1) is 0 Å². The maximum atomic E-state index is 8.77. The van der Waals surface area contributed by atoms with Gasteiger partial charge in [0.1, 0.15) is 0 Å². The monoisotopic (exact) mass is 355 g/mol. The van der Waals surface area contributed by atoms with Crippen LogP contribution in [0.2, 0.25) is 0 Å². The molecule has 0 atom stereocenters. The van der Waals surface area contributed by atoms with Gasteiger partial charge in [-0.1, -0.05) is 0 Å². The van der Waals surface area contributed by atoms with Gasteiger partial charge in [0.15, 0.2) is 0 Å². The van der Waals surface area contributed by atoms with Crippen LogP contribution in [0.5, 0.6) is 0 Å². The molecular formula is C2H2Cl2O4Pt. The number of hydrogen-bond acceptors (Lipinski definition) is 2. The van der Waals surface area contributed by atoms with Crippen LogP contribution in [0.1, 0.15) is 0 Å². The Hall–Kier alpha value is 0.208. The quantitative estimate of drug-likeness (QED) is 0.650. The van der Waals surface area contributed by atoms with E-state index in [1.165, 1.54) is 0 Å². The maximum Gasteiger partial charge on any atom is 0.401 e. The molecule has 0 bridgehead atoms. The van der Waals surface area contributed by atoms with Crippen LogP contribution in [-0.2, 0) is 21.1 Å². The smallest absolute Gasteiger partial charge is 0.401 e. The van der Waals surface area contributed by atoms with Gasteiger partial charge in [-0.2, -0.15) is 0 Å². The molecule has 0 aromatic carbocycles. The molecule has 58 valence electrons. The maximum absolute atomic E-state index is 8.77. The third-order valence-corrected chi connectivity index (χ3v) is 0. The van der Waals surface area contributed by atoms with Crippen molar-refractivity contribution in [2.24, 2.45) is 0 Å². The molecular weight excluding hydrogens is 354 g/mol. The molecule has 0 spiro atoms. The average molecular weight is 356 g/mol. The van der Waals surface area contributed by atoms with Gasteiger partial charge in [0.25, 0.3) is 0 Å². The molecule has 0 aliphatic carbocycles. The predicted octanol–water partition coefficient (Wildman–Crippen LogP) is 1.80. The van der Waals surface area contributed by atoms with E-state index in [1.54, 1.807) is 0 Å². The van der Waals surface area contributed by atoms with Gasteiger partial charge in [-0.3, -0.25) is 0 Å². The molecule has 0 unspecified atom stereocenters. The van der Waals surface area contributed by atoms with Crippen molar-refractivity contribution in [3.8, 4) is 0 Å². The summed E-state index contributed by atoms with van der Waals surface area (Å²) in [4.78, 5) is 17.5. The Bertz CT molecular complexity index is 74.6. The topological polar surface area (TPSA) is 74.6 Å². The average Bonchev–Trinajstić information content (AvgIpc) is 1.25. The molecule has 0 aromatic heterocycles. The fourth-order valence-electron chi connectivity index (χ4n) is 0. The first kappa shape index (κ1) is 16.1. The van der Waals surface area contributed by atoms with Crippen LogP contribution >= 0.6 is 23.2 Å². The van der Waals surface area contributed by atoms with Crippen LogP contribution in [0.15, 0.2) is 0 Å².